The van der Waals surface area contributed by atoms with Crippen LogP contribution in [0.2, 0.25) is 0 Å². The summed E-state index contributed by atoms with van der Waals surface area (Å²) in [6, 6.07) is 6.14. The Morgan fingerprint density at radius 2 is 2.06 bits per heavy atom. The molecule has 0 unspecified atom stereocenters. The van der Waals surface area contributed by atoms with E-state index in [4.69, 9.17) is 10.3 Å². The number of hydrogen-bond donors (Lipinski definition) is 1. The fourth-order valence-electron chi connectivity index (χ4n) is 1.87. The zero-order chi connectivity index (χ0) is 12.6. The zero-order valence-corrected chi connectivity index (χ0v) is 11.7. The highest BCUT2D eigenvalue weighted by Gasteiger charge is 2.19. The second-order valence-electron chi connectivity index (χ2n) is 4.45. The molecule has 17 heavy (non-hydrogen) atoms. The Morgan fingerprint density at radius 1 is 1.35 bits per heavy atom. The van der Waals surface area contributed by atoms with Crippen LogP contribution in [0.4, 0.5) is 5.88 Å². The highest BCUT2D eigenvalue weighted by atomic mass is 79.9. The van der Waals surface area contributed by atoms with Gasteiger partial charge in [0.25, 0.3) is 0 Å². The number of anilines is 1. The van der Waals surface area contributed by atoms with Gasteiger partial charge in [0, 0.05) is 15.6 Å². The lowest BCUT2D eigenvalue weighted by Crippen LogP contribution is -1.95. The Balaban J connectivity index is 2.61. The summed E-state index contributed by atoms with van der Waals surface area (Å²) in [6.07, 6.45) is 0. The van der Waals surface area contributed by atoms with Crippen LogP contribution in [0.3, 0.4) is 0 Å². The maximum Gasteiger partial charge on any atom is 0.226 e. The number of benzene rings is 1. The molecule has 2 N–H and O–H groups in total. The van der Waals surface area contributed by atoms with E-state index >= 15 is 0 Å². The fourth-order valence-corrected chi connectivity index (χ4v) is 2.56. The Hall–Kier alpha value is -1.29. The van der Waals surface area contributed by atoms with Gasteiger partial charge in [0.15, 0.2) is 0 Å². The van der Waals surface area contributed by atoms with Crippen LogP contribution in [-0.2, 0) is 0 Å². The topological polar surface area (TPSA) is 52.0 Å². The quantitative estimate of drug-likeness (QED) is 0.906. The number of nitrogen functional groups attached to an aromatic ring is 1. The van der Waals surface area contributed by atoms with Gasteiger partial charge in [-0.3, -0.25) is 0 Å². The van der Waals surface area contributed by atoms with Crippen molar-refractivity contribution in [3.63, 3.8) is 0 Å². The lowest BCUT2D eigenvalue weighted by atomic mass is 9.98. The van der Waals surface area contributed by atoms with Crippen molar-refractivity contribution in [3.8, 4) is 11.3 Å². The van der Waals surface area contributed by atoms with Crippen LogP contribution in [0.1, 0.15) is 30.9 Å². The summed E-state index contributed by atoms with van der Waals surface area (Å²) in [7, 11) is 0. The van der Waals surface area contributed by atoms with Crippen LogP contribution >= 0.6 is 15.9 Å². The summed E-state index contributed by atoms with van der Waals surface area (Å²) in [6.45, 7) is 6.21. The normalized spacial score (nSPS) is 11.1. The predicted molar refractivity (Wildman–Crippen MR) is 72.9 cm³/mol. The molecular formula is C13H15BrN2O. The third-order valence-corrected chi connectivity index (χ3v) is 3.37. The lowest BCUT2D eigenvalue weighted by molar-refractivity contribution is 0.438. The van der Waals surface area contributed by atoms with Crippen molar-refractivity contribution in [3.05, 3.63) is 33.8 Å². The summed E-state index contributed by atoms with van der Waals surface area (Å²) >= 11 is 3.55. The highest BCUT2D eigenvalue weighted by Crippen LogP contribution is 2.36. The van der Waals surface area contributed by atoms with Gasteiger partial charge in [-0.05, 0) is 24.5 Å². The van der Waals surface area contributed by atoms with E-state index < -0.39 is 0 Å². The summed E-state index contributed by atoms with van der Waals surface area (Å²) in [5.41, 5.74) is 9.82. The van der Waals surface area contributed by atoms with Gasteiger partial charge in [0.05, 0.1) is 0 Å². The van der Waals surface area contributed by atoms with Crippen molar-refractivity contribution in [2.75, 3.05) is 5.73 Å². The molecule has 0 aliphatic carbocycles. The van der Waals surface area contributed by atoms with Gasteiger partial charge in [-0.2, -0.15) is 0 Å². The van der Waals surface area contributed by atoms with Gasteiger partial charge in [0.2, 0.25) is 5.88 Å². The first kappa shape index (κ1) is 12.2. The second kappa shape index (κ2) is 4.53. The molecule has 0 aliphatic heterocycles. The third kappa shape index (κ3) is 2.22. The van der Waals surface area contributed by atoms with Crippen molar-refractivity contribution in [1.29, 1.82) is 0 Å². The molecule has 0 bridgehead atoms. The molecule has 4 heteroatoms. The number of aromatic nitrogens is 1. The second-order valence-corrected chi connectivity index (χ2v) is 5.30. The molecule has 0 spiro atoms. The summed E-state index contributed by atoms with van der Waals surface area (Å²) in [4.78, 5) is 0. The molecule has 0 aliphatic rings. The maximum atomic E-state index is 5.82. The molecule has 0 saturated heterocycles. The van der Waals surface area contributed by atoms with E-state index in [-0.39, 0.29) is 5.92 Å². The molecule has 1 heterocycles. The van der Waals surface area contributed by atoms with E-state index in [1.807, 2.05) is 6.07 Å². The average Bonchev–Trinajstić information content (AvgIpc) is 2.60. The van der Waals surface area contributed by atoms with Crippen LogP contribution in [0.15, 0.2) is 27.2 Å². The SMILES string of the molecule is Cc1ccc(-c2noc(N)c2C(C)C)c(Br)c1. The van der Waals surface area contributed by atoms with Crippen molar-refractivity contribution >= 4 is 21.8 Å². The number of aryl methyl sites for hydroxylation is 1. The number of hydrogen-bond acceptors (Lipinski definition) is 3. The molecule has 3 nitrogen and oxygen atoms in total. The summed E-state index contributed by atoms with van der Waals surface area (Å²) in [5, 5.41) is 4.07. The van der Waals surface area contributed by atoms with Crippen LogP contribution in [0.25, 0.3) is 11.3 Å². The minimum atomic E-state index is 0.282. The van der Waals surface area contributed by atoms with Gasteiger partial charge in [-0.15, -0.1) is 0 Å². The maximum absolute atomic E-state index is 5.82. The molecule has 90 valence electrons. The van der Waals surface area contributed by atoms with Crippen LogP contribution in [0, 0.1) is 6.92 Å². The number of nitrogens with zero attached hydrogens (tertiary/aromatic N) is 1. The van der Waals surface area contributed by atoms with Gasteiger partial charge in [-0.25, -0.2) is 0 Å². The highest BCUT2D eigenvalue weighted by molar-refractivity contribution is 9.10. The molecule has 0 fully saturated rings. The Morgan fingerprint density at radius 3 is 2.65 bits per heavy atom. The molecule has 0 atom stereocenters. The van der Waals surface area contributed by atoms with Crippen LogP contribution < -0.4 is 5.73 Å². The molecule has 0 radical (unpaired) electrons. The fraction of sp³-hybridized carbons (Fsp3) is 0.308. The van der Waals surface area contributed by atoms with Gasteiger partial charge in [0.1, 0.15) is 5.69 Å². The number of rotatable bonds is 2. The first-order chi connectivity index (χ1) is 8.00. The van der Waals surface area contributed by atoms with Gasteiger partial charge >= 0.3 is 0 Å². The zero-order valence-electron chi connectivity index (χ0n) is 10.1. The number of halogens is 1. The van der Waals surface area contributed by atoms with Crippen molar-refractivity contribution < 1.29 is 4.52 Å². The standard InChI is InChI=1S/C13H15BrN2O/c1-7(2)11-12(16-17-13(11)15)9-5-4-8(3)6-10(9)14/h4-7H,15H2,1-3H3. The minimum Gasteiger partial charge on any atom is -0.367 e. The van der Waals surface area contributed by atoms with E-state index in [1.165, 1.54) is 5.56 Å². The Kier molecular flexibility index (Phi) is 3.24. The molecular weight excluding hydrogens is 280 g/mol. The Labute approximate surface area is 109 Å². The summed E-state index contributed by atoms with van der Waals surface area (Å²) < 4.78 is 6.11. The molecule has 2 rings (SSSR count). The first-order valence-electron chi connectivity index (χ1n) is 5.52. The third-order valence-electron chi connectivity index (χ3n) is 2.71. The molecule has 0 amide bonds. The molecule has 2 aromatic rings. The van der Waals surface area contributed by atoms with Crippen molar-refractivity contribution in [2.24, 2.45) is 0 Å². The Bertz CT molecular complexity index is 546. The molecule has 0 saturated carbocycles. The van der Waals surface area contributed by atoms with Gasteiger partial charge in [-0.1, -0.05) is 47.1 Å². The van der Waals surface area contributed by atoms with E-state index in [1.54, 1.807) is 0 Å². The van der Waals surface area contributed by atoms with Gasteiger partial charge < -0.3 is 10.3 Å². The molecule has 1 aromatic carbocycles. The predicted octanol–water partition coefficient (Wildman–Crippen LogP) is 4.12. The lowest BCUT2D eigenvalue weighted by Gasteiger charge is -2.07. The first-order valence-corrected chi connectivity index (χ1v) is 6.31. The van der Waals surface area contributed by atoms with Crippen LogP contribution in [-0.4, -0.2) is 5.16 Å². The van der Waals surface area contributed by atoms with E-state index in [0.29, 0.717) is 5.88 Å². The van der Waals surface area contributed by atoms with E-state index in [2.05, 4.69) is 54.0 Å². The van der Waals surface area contributed by atoms with Crippen LogP contribution in [0.5, 0.6) is 0 Å². The van der Waals surface area contributed by atoms with E-state index in [9.17, 15) is 0 Å². The number of nitrogens with two attached hydrogens (primary N) is 1. The monoisotopic (exact) mass is 294 g/mol. The minimum absolute atomic E-state index is 0.282. The smallest absolute Gasteiger partial charge is 0.226 e. The van der Waals surface area contributed by atoms with Crippen molar-refractivity contribution in [2.45, 2.75) is 26.7 Å². The molecule has 1 aromatic heterocycles. The summed E-state index contributed by atoms with van der Waals surface area (Å²) in [5.74, 6) is 0.687. The van der Waals surface area contributed by atoms with E-state index in [0.717, 1.165) is 21.3 Å². The van der Waals surface area contributed by atoms with Crippen molar-refractivity contribution in [1.82, 2.24) is 5.16 Å². The largest absolute Gasteiger partial charge is 0.367 e. The average molecular weight is 295 g/mol.